The van der Waals surface area contributed by atoms with Crippen LogP contribution in [0.2, 0.25) is 0 Å². The lowest BCUT2D eigenvalue weighted by Gasteiger charge is -2.30. The van der Waals surface area contributed by atoms with Crippen LogP contribution in [-0.4, -0.2) is 9.97 Å². The fourth-order valence-electron chi connectivity index (χ4n) is 3.34. The number of benzene rings is 2. The van der Waals surface area contributed by atoms with Crippen molar-refractivity contribution in [1.29, 1.82) is 0 Å². The summed E-state index contributed by atoms with van der Waals surface area (Å²) in [4.78, 5) is 7.99. The quantitative estimate of drug-likeness (QED) is 0.718. The van der Waals surface area contributed by atoms with Gasteiger partial charge >= 0.3 is 0 Å². The molecule has 0 saturated heterocycles. The highest BCUT2D eigenvalue weighted by atomic mass is 15.1. The molecule has 0 radical (unpaired) electrons. The number of para-hydroxylation sites is 2. The van der Waals surface area contributed by atoms with Gasteiger partial charge in [0.25, 0.3) is 0 Å². The van der Waals surface area contributed by atoms with Crippen LogP contribution in [0.4, 0.5) is 5.95 Å². The first-order valence-corrected chi connectivity index (χ1v) is 7.61. The van der Waals surface area contributed by atoms with E-state index in [1.807, 2.05) is 18.2 Å². The molecule has 0 unspecified atom stereocenters. The van der Waals surface area contributed by atoms with Gasteiger partial charge in [-0.2, -0.15) is 0 Å². The second kappa shape index (κ2) is 4.92. The minimum absolute atomic E-state index is 0.345. The number of aromatic nitrogens is 2. The zero-order valence-corrected chi connectivity index (χ0v) is 12.1. The van der Waals surface area contributed by atoms with Gasteiger partial charge in [-0.1, -0.05) is 43.3 Å². The van der Waals surface area contributed by atoms with E-state index in [1.165, 1.54) is 17.5 Å². The standard InChI is InChI=1S/C18H19N3/c1-12-10-11-15(14-7-3-2-6-13(12)14)19-18-20-16-8-4-5-9-17(16)21-18/h2-9,12,15H,10-11H2,1H3,(H2,19,20,21)/t12-,15-/m1/s1. The smallest absolute Gasteiger partial charge is 0.201 e. The Morgan fingerprint density at radius 2 is 1.76 bits per heavy atom. The van der Waals surface area contributed by atoms with Crippen LogP contribution < -0.4 is 5.32 Å². The zero-order valence-electron chi connectivity index (χ0n) is 12.1. The minimum atomic E-state index is 0.345. The van der Waals surface area contributed by atoms with Gasteiger partial charge in [0.2, 0.25) is 5.95 Å². The molecule has 106 valence electrons. The van der Waals surface area contributed by atoms with Crippen LogP contribution in [-0.2, 0) is 0 Å². The molecule has 3 aromatic rings. The molecular formula is C18H19N3. The van der Waals surface area contributed by atoms with Crippen LogP contribution >= 0.6 is 0 Å². The van der Waals surface area contributed by atoms with Gasteiger partial charge in [0.05, 0.1) is 17.1 Å². The first-order chi connectivity index (χ1) is 10.3. The molecule has 1 aliphatic rings. The molecule has 4 rings (SSSR count). The van der Waals surface area contributed by atoms with Crippen LogP contribution in [0.25, 0.3) is 11.0 Å². The predicted molar refractivity (Wildman–Crippen MR) is 86.5 cm³/mol. The minimum Gasteiger partial charge on any atom is -0.349 e. The van der Waals surface area contributed by atoms with E-state index < -0.39 is 0 Å². The molecule has 0 spiro atoms. The molecule has 0 aliphatic heterocycles. The Labute approximate surface area is 124 Å². The molecule has 0 fully saturated rings. The largest absolute Gasteiger partial charge is 0.349 e. The van der Waals surface area contributed by atoms with E-state index in [0.29, 0.717) is 12.0 Å². The molecule has 0 saturated carbocycles. The van der Waals surface area contributed by atoms with Crippen molar-refractivity contribution in [2.75, 3.05) is 5.32 Å². The Kier molecular flexibility index (Phi) is 2.92. The topological polar surface area (TPSA) is 40.7 Å². The number of hydrogen-bond acceptors (Lipinski definition) is 2. The highest BCUT2D eigenvalue weighted by molar-refractivity contribution is 5.77. The maximum Gasteiger partial charge on any atom is 0.201 e. The summed E-state index contributed by atoms with van der Waals surface area (Å²) in [6, 6.07) is 17.3. The SMILES string of the molecule is C[C@@H]1CC[C@@H](Nc2nc3ccccc3[nH]2)c2ccccc21. The van der Waals surface area contributed by atoms with E-state index in [-0.39, 0.29) is 0 Å². The lowest BCUT2D eigenvalue weighted by molar-refractivity contribution is 0.533. The van der Waals surface area contributed by atoms with Gasteiger partial charge < -0.3 is 10.3 Å². The molecule has 2 atom stereocenters. The third-order valence-corrected chi connectivity index (χ3v) is 4.49. The Hall–Kier alpha value is -2.29. The summed E-state index contributed by atoms with van der Waals surface area (Å²) in [6.07, 6.45) is 2.37. The van der Waals surface area contributed by atoms with Crippen molar-refractivity contribution in [3.05, 3.63) is 59.7 Å². The lowest BCUT2D eigenvalue weighted by Crippen LogP contribution is -2.19. The van der Waals surface area contributed by atoms with Crippen molar-refractivity contribution in [3.8, 4) is 0 Å². The first-order valence-electron chi connectivity index (χ1n) is 7.61. The van der Waals surface area contributed by atoms with Crippen molar-refractivity contribution in [1.82, 2.24) is 9.97 Å². The Balaban J connectivity index is 1.67. The molecule has 2 N–H and O–H groups in total. The van der Waals surface area contributed by atoms with E-state index >= 15 is 0 Å². The van der Waals surface area contributed by atoms with Crippen LogP contribution in [0, 0.1) is 0 Å². The third-order valence-electron chi connectivity index (χ3n) is 4.49. The number of hydrogen-bond donors (Lipinski definition) is 2. The number of rotatable bonds is 2. The zero-order chi connectivity index (χ0) is 14.2. The van der Waals surface area contributed by atoms with Gasteiger partial charge in [0.1, 0.15) is 0 Å². The molecule has 1 aliphatic carbocycles. The summed E-state index contributed by atoms with van der Waals surface area (Å²) in [5.74, 6) is 1.51. The third kappa shape index (κ3) is 2.19. The maximum absolute atomic E-state index is 4.63. The van der Waals surface area contributed by atoms with Gasteiger partial charge in [0.15, 0.2) is 0 Å². The lowest BCUT2D eigenvalue weighted by atomic mass is 9.81. The average molecular weight is 277 g/mol. The van der Waals surface area contributed by atoms with Crippen molar-refractivity contribution < 1.29 is 0 Å². The molecular weight excluding hydrogens is 258 g/mol. The normalized spacial score (nSPS) is 21.2. The van der Waals surface area contributed by atoms with Gasteiger partial charge in [-0.25, -0.2) is 4.98 Å². The van der Waals surface area contributed by atoms with Crippen molar-refractivity contribution in [3.63, 3.8) is 0 Å². The fourth-order valence-corrected chi connectivity index (χ4v) is 3.34. The number of nitrogens with one attached hydrogen (secondary N) is 2. The highest BCUT2D eigenvalue weighted by Gasteiger charge is 2.24. The molecule has 0 bridgehead atoms. The van der Waals surface area contributed by atoms with Gasteiger partial charge in [-0.3, -0.25) is 0 Å². The number of aromatic amines is 1. The molecule has 3 heteroatoms. The summed E-state index contributed by atoms with van der Waals surface area (Å²) in [5.41, 5.74) is 4.98. The van der Waals surface area contributed by atoms with Crippen LogP contribution in [0.15, 0.2) is 48.5 Å². The summed E-state index contributed by atoms with van der Waals surface area (Å²) in [6.45, 7) is 2.32. The average Bonchev–Trinajstić information content (AvgIpc) is 2.93. The molecule has 1 aromatic heterocycles. The molecule has 1 heterocycles. The number of imidazole rings is 1. The van der Waals surface area contributed by atoms with Crippen molar-refractivity contribution in [2.45, 2.75) is 31.7 Å². The van der Waals surface area contributed by atoms with Gasteiger partial charge in [-0.05, 0) is 42.0 Å². The number of H-pyrrole nitrogens is 1. The number of anilines is 1. The second-order valence-corrected chi connectivity index (χ2v) is 5.91. The highest BCUT2D eigenvalue weighted by Crippen LogP contribution is 2.38. The summed E-state index contributed by atoms with van der Waals surface area (Å²) in [7, 11) is 0. The van der Waals surface area contributed by atoms with E-state index in [4.69, 9.17) is 0 Å². The first kappa shape index (κ1) is 12.5. The summed E-state index contributed by atoms with van der Waals surface area (Å²) in [5, 5.41) is 3.58. The van der Waals surface area contributed by atoms with Crippen molar-refractivity contribution >= 4 is 17.0 Å². The van der Waals surface area contributed by atoms with Crippen molar-refractivity contribution in [2.24, 2.45) is 0 Å². The molecule has 21 heavy (non-hydrogen) atoms. The molecule has 0 amide bonds. The summed E-state index contributed by atoms with van der Waals surface area (Å²) >= 11 is 0. The van der Waals surface area contributed by atoms with E-state index in [2.05, 4.69) is 52.5 Å². The predicted octanol–water partition coefficient (Wildman–Crippen LogP) is 4.61. The van der Waals surface area contributed by atoms with E-state index in [9.17, 15) is 0 Å². The summed E-state index contributed by atoms with van der Waals surface area (Å²) < 4.78 is 0. The van der Waals surface area contributed by atoms with Crippen LogP contribution in [0.5, 0.6) is 0 Å². The van der Waals surface area contributed by atoms with E-state index in [0.717, 1.165) is 23.4 Å². The fraction of sp³-hybridized carbons (Fsp3) is 0.278. The monoisotopic (exact) mass is 277 g/mol. The number of fused-ring (bicyclic) bond motifs is 2. The van der Waals surface area contributed by atoms with Gasteiger partial charge in [0, 0.05) is 0 Å². The van der Waals surface area contributed by atoms with Gasteiger partial charge in [-0.15, -0.1) is 0 Å². The Morgan fingerprint density at radius 3 is 2.62 bits per heavy atom. The Morgan fingerprint density at radius 1 is 1.00 bits per heavy atom. The molecule has 3 nitrogen and oxygen atoms in total. The number of nitrogens with zero attached hydrogens (tertiary/aromatic N) is 1. The molecule has 2 aromatic carbocycles. The van der Waals surface area contributed by atoms with Crippen LogP contribution in [0.1, 0.15) is 42.9 Å². The Bertz CT molecular complexity index is 742. The maximum atomic E-state index is 4.63. The second-order valence-electron chi connectivity index (χ2n) is 5.91. The van der Waals surface area contributed by atoms with E-state index in [1.54, 1.807) is 0 Å². The van der Waals surface area contributed by atoms with Crippen LogP contribution in [0.3, 0.4) is 0 Å².